The molecule has 0 aromatic heterocycles. The zero-order valence-corrected chi connectivity index (χ0v) is 16.3. The first-order valence-electron chi connectivity index (χ1n) is 10.4. The minimum Gasteiger partial charge on any atom is -0.381 e. The van der Waals surface area contributed by atoms with Gasteiger partial charge in [0.1, 0.15) is 0 Å². The number of hydrogen-bond donors (Lipinski definition) is 0. The predicted molar refractivity (Wildman–Crippen MR) is 104 cm³/mol. The average molecular weight is 359 g/mol. The number of ether oxygens (including phenoxy) is 2. The van der Waals surface area contributed by atoms with Gasteiger partial charge in [-0.25, -0.2) is 0 Å². The molecule has 3 fully saturated rings. The van der Waals surface area contributed by atoms with Gasteiger partial charge in [0.05, 0.1) is 19.8 Å². The molecule has 2 heterocycles. The molecule has 0 amide bonds. The Morgan fingerprint density at radius 1 is 1.04 bits per heavy atom. The number of hydrogen-bond acceptors (Lipinski definition) is 4. The van der Waals surface area contributed by atoms with E-state index in [4.69, 9.17) is 9.47 Å². The third-order valence-electron chi connectivity index (χ3n) is 6.56. The smallest absolute Gasteiger partial charge is 0.0620 e. The molecule has 0 bridgehead atoms. The van der Waals surface area contributed by atoms with E-state index in [0.29, 0.717) is 12.1 Å². The maximum atomic E-state index is 6.03. The molecule has 4 nitrogen and oxygen atoms in total. The van der Waals surface area contributed by atoms with Crippen LogP contribution < -0.4 is 0 Å². The Kier molecular flexibility index (Phi) is 5.94. The molecule has 4 heteroatoms. The lowest BCUT2D eigenvalue weighted by molar-refractivity contribution is -0.0399. The van der Waals surface area contributed by atoms with Crippen LogP contribution in [0.1, 0.15) is 25.8 Å². The fourth-order valence-corrected chi connectivity index (χ4v) is 5.00. The van der Waals surface area contributed by atoms with Gasteiger partial charge in [0.2, 0.25) is 0 Å². The Balaban J connectivity index is 1.08. The number of likely N-dealkylation sites (tertiary alicyclic amines) is 1. The standard InChI is InChI=1S/C22H34N2O2/c1-17-14-26-15-18(2)24(17)9-6-10-25-16-22-20-12-23(13-21(20)22)11-19-7-4-3-5-8-19/h3-5,7-8,17-18,20-22H,6,9-16H2,1-2H3. The largest absolute Gasteiger partial charge is 0.381 e. The van der Waals surface area contributed by atoms with Gasteiger partial charge >= 0.3 is 0 Å². The van der Waals surface area contributed by atoms with Gasteiger partial charge in [-0.2, -0.15) is 0 Å². The van der Waals surface area contributed by atoms with E-state index in [1.165, 1.54) is 18.7 Å². The zero-order valence-electron chi connectivity index (χ0n) is 16.3. The highest BCUT2D eigenvalue weighted by molar-refractivity contribution is 5.16. The molecule has 2 aliphatic heterocycles. The van der Waals surface area contributed by atoms with Gasteiger partial charge in [-0.05, 0) is 43.6 Å². The van der Waals surface area contributed by atoms with Crippen molar-refractivity contribution in [2.75, 3.05) is 46.1 Å². The van der Waals surface area contributed by atoms with Crippen LogP contribution in [0.2, 0.25) is 0 Å². The monoisotopic (exact) mass is 358 g/mol. The van der Waals surface area contributed by atoms with E-state index in [1.54, 1.807) is 0 Å². The molecular formula is C22H34N2O2. The topological polar surface area (TPSA) is 24.9 Å². The molecule has 3 aliphatic rings. The normalized spacial score (nSPS) is 34.8. The fraction of sp³-hybridized carbons (Fsp3) is 0.727. The lowest BCUT2D eigenvalue weighted by atomic mass is 10.1. The Morgan fingerprint density at radius 2 is 1.73 bits per heavy atom. The van der Waals surface area contributed by atoms with E-state index in [2.05, 4.69) is 54.0 Å². The van der Waals surface area contributed by atoms with Crippen molar-refractivity contribution in [1.82, 2.24) is 9.80 Å². The van der Waals surface area contributed by atoms with Crippen LogP contribution in [0.5, 0.6) is 0 Å². The Morgan fingerprint density at radius 3 is 2.42 bits per heavy atom. The first kappa shape index (κ1) is 18.4. The van der Waals surface area contributed by atoms with Crippen molar-refractivity contribution in [1.29, 1.82) is 0 Å². The van der Waals surface area contributed by atoms with Gasteiger partial charge in [-0.15, -0.1) is 0 Å². The van der Waals surface area contributed by atoms with Crippen molar-refractivity contribution in [3.05, 3.63) is 35.9 Å². The summed E-state index contributed by atoms with van der Waals surface area (Å²) < 4.78 is 11.6. The second kappa shape index (κ2) is 8.39. The third-order valence-corrected chi connectivity index (χ3v) is 6.56. The molecule has 4 unspecified atom stereocenters. The van der Waals surface area contributed by atoms with Crippen LogP contribution in [0.25, 0.3) is 0 Å². The molecule has 0 radical (unpaired) electrons. The minimum absolute atomic E-state index is 0.539. The van der Waals surface area contributed by atoms with E-state index in [9.17, 15) is 0 Å². The maximum Gasteiger partial charge on any atom is 0.0620 e. The van der Waals surface area contributed by atoms with Gasteiger partial charge < -0.3 is 9.47 Å². The maximum absolute atomic E-state index is 6.03. The molecule has 2 saturated heterocycles. The van der Waals surface area contributed by atoms with E-state index < -0.39 is 0 Å². The molecule has 1 saturated carbocycles. The molecule has 0 spiro atoms. The molecule has 0 N–H and O–H groups in total. The van der Waals surface area contributed by atoms with Crippen LogP contribution in [-0.4, -0.2) is 67.9 Å². The summed E-state index contributed by atoms with van der Waals surface area (Å²) in [5.74, 6) is 2.60. The quantitative estimate of drug-likeness (QED) is 0.667. The van der Waals surface area contributed by atoms with Crippen LogP contribution >= 0.6 is 0 Å². The summed E-state index contributed by atoms with van der Waals surface area (Å²) in [6.45, 7) is 12.9. The average Bonchev–Trinajstić information content (AvgIpc) is 3.09. The van der Waals surface area contributed by atoms with Gasteiger partial charge in [0, 0.05) is 44.9 Å². The number of benzene rings is 1. The van der Waals surface area contributed by atoms with E-state index in [-0.39, 0.29) is 0 Å². The van der Waals surface area contributed by atoms with E-state index in [0.717, 1.165) is 63.7 Å². The van der Waals surface area contributed by atoms with Crippen molar-refractivity contribution in [2.24, 2.45) is 17.8 Å². The van der Waals surface area contributed by atoms with E-state index >= 15 is 0 Å². The van der Waals surface area contributed by atoms with Crippen molar-refractivity contribution >= 4 is 0 Å². The second-order valence-electron chi connectivity index (χ2n) is 8.57. The molecular weight excluding hydrogens is 324 g/mol. The van der Waals surface area contributed by atoms with Crippen LogP contribution in [0.3, 0.4) is 0 Å². The van der Waals surface area contributed by atoms with Crippen LogP contribution in [0, 0.1) is 17.8 Å². The van der Waals surface area contributed by atoms with Crippen LogP contribution in [0.4, 0.5) is 0 Å². The fourth-order valence-electron chi connectivity index (χ4n) is 5.00. The van der Waals surface area contributed by atoms with Crippen LogP contribution in [-0.2, 0) is 16.0 Å². The highest BCUT2D eigenvalue weighted by Crippen LogP contribution is 2.51. The van der Waals surface area contributed by atoms with Crippen molar-refractivity contribution in [3.63, 3.8) is 0 Å². The summed E-state index contributed by atoms with van der Waals surface area (Å²) in [5, 5.41) is 0. The predicted octanol–water partition coefficient (Wildman–Crippen LogP) is 2.88. The van der Waals surface area contributed by atoms with Crippen molar-refractivity contribution in [2.45, 2.75) is 38.9 Å². The summed E-state index contributed by atoms with van der Waals surface area (Å²) in [6, 6.07) is 11.9. The van der Waals surface area contributed by atoms with Gasteiger partial charge in [-0.1, -0.05) is 30.3 Å². The van der Waals surface area contributed by atoms with E-state index in [1.807, 2.05) is 0 Å². The number of piperidine rings is 1. The van der Waals surface area contributed by atoms with Crippen molar-refractivity contribution < 1.29 is 9.47 Å². The molecule has 4 rings (SSSR count). The second-order valence-corrected chi connectivity index (χ2v) is 8.57. The third kappa shape index (κ3) is 4.30. The molecule has 4 atom stereocenters. The first-order chi connectivity index (χ1) is 12.7. The lowest BCUT2D eigenvalue weighted by Crippen LogP contribution is -2.49. The molecule has 1 aromatic carbocycles. The molecule has 1 aromatic rings. The molecule has 144 valence electrons. The van der Waals surface area contributed by atoms with Gasteiger partial charge in [0.15, 0.2) is 0 Å². The zero-order chi connectivity index (χ0) is 17.9. The molecule has 1 aliphatic carbocycles. The van der Waals surface area contributed by atoms with Gasteiger partial charge in [-0.3, -0.25) is 9.80 Å². The highest BCUT2D eigenvalue weighted by atomic mass is 16.5. The number of fused-ring (bicyclic) bond motifs is 1. The first-order valence-corrected chi connectivity index (χ1v) is 10.4. The summed E-state index contributed by atoms with van der Waals surface area (Å²) >= 11 is 0. The van der Waals surface area contributed by atoms with Crippen LogP contribution in [0.15, 0.2) is 30.3 Å². The lowest BCUT2D eigenvalue weighted by Gasteiger charge is -2.38. The SMILES string of the molecule is CC1COCC(C)N1CCCOCC1C2CN(Cc3ccccc3)CC12. The Bertz CT molecular complexity index is 545. The Hall–Kier alpha value is -0.940. The summed E-state index contributed by atoms with van der Waals surface area (Å²) in [4.78, 5) is 5.18. The number of morpholine rings is 1. The highest BCUT2D eigenvalue weighted by Gasteiger charge is 2.55. The van der Waals surface area contributed by atoms with Gasteiger partial charge in [0.25, 0.3) is 0 Å². The number of nitrogens with zero attached hydrogens (tertiary/aromatic N) is 2. The summed E-state index contributed by atoms with van der Waals surface area (Å²) in [7, 11) is 0. The molecule has 26 heavy (non-hydrogen) atoms. The minimum atomic E-state index is 0.539. The Labute approximate surface area is 158 Å². The summed E-state index contributed by atoms with van der Waals surface area (Å²) in [5.41, 5.74) is 1.44. The summed E-state index contributed by atoms with van der Waals surface area (Å²) in [6.07, 6.45) is 1.14. The number of rotatable bonds is 8. The van der Waals surface area contributed by atoms with Crippen molar-refractivity contribution in [3.8, 4) is 0 Å².